The van der Waals surface area contributed by atoms with Crippen LogP contribution in [-0.2, 0) is 0 Å². The zero-order valence-electron chi connectivity index (χ0n) is 12.1. The molecule has 2 aromatic rings. The Labute approximate surface area is 128 Å². The van der Waals surface area contributed by atoms with E-state index in [-0.39, 0.29) is 5.02 Å². The molecular formula is C16H17ClFNO2. The van der Waals surface area contributed by atoms with Crippen LogP contribution in [0.15, 0.2) is 30.3 Å². The summed E-state index contributed by atoms with van der Waals surface area (Å²) in [7, 11) is 3.13. The van der Waals surface area contributed by atoms with Crippen molar-refractivity contribution in [2.24, 2.45) is 5.73 Å². The third-order valence-electron chi connectivity index (χ3n) is 3.41. The number of ether oxygens (including phenoxy) is 2. The zero-order valence-corrected chi connectivity index (χ0v) is 12.9. The fraction of sp³-hybridized carbons (Fsp3) is 0.250. The predicted octanol–water partition coefficient (Wildman–Crippen LogP) is 3.85. The molecule has 2 rings (SSSR count). The molecule has 0 fully saturated rings. The fourth-order valence-electron chi connectivity index (χ4n) is 2.22. The van der Waals surface area contributed by atoms with Crippen LogP contribution in [0.2, 0.25) is 5.02 Å². The minimum absolute atomic E-state index is 0.0787. The van der Waals surface area contributed by atoms with E-state index >= 15 is 0 Å². The van der Waals surface area contributed by atoms with E-state index in [0.717, 1.165) is 11.1 Å². The minimum atomic E-state index is -0.484. The molecule has 0 saturated carbocycles. The van der Waals surface area contributed by atoms with Gasteiger partial charge >= 0.3 is 0 Å². The number of methoxy groups -OCH3 is 2. The number of rotatable bonds is 4. The summed E-state index contributed by atoms with van der Waals surface area (Å²) in [5.74, 6) is 0.735. The SMILES string of the molecule is COc1cc(C)c(C(N)c2ccc(Cl)c(F)c2)cc1OC. The summed E-state index contributed by atoms with van der Waals surface area (Å²) in [4.78, 5) is 0. The number of hydrogen-bond donors (Lipinski definition) is 1. The van der Waals surface area contributed by atoms with E-state index in [0.29, 0.717) is 17.1 Å². The molecule has 0 aliphatic heterocycles. The Morgan fingerprint density at radius 3 is 2.29 bits per heavy atom. The molecule has 1 unspecified atom stereocenters. The topological polar surface area (TPSA) is 44.5 Å². The molecule has 2 N–H and O–H groups in total. The molecule has 3 nitrogen and oxygen atoms in total. The maximum Gasteiger partial charge on any atom is 0.161 e. The summed E-state index contributed by atoms with van der Waals surface area (Å²) in [5.41, 5.74) is 8.67. The van der Waals surface area contributed by atoms with E-state index in [1.807, 2.05) is 19.1 Å². The van der Waals surface area contributed by atoms with Crippen LogP contribution >= 0.6 is 11.6 Å². The third kappa shape index (κ3) is 3.12. The van der Waals surface area contributed by atoms with Crippen molar-refractivity contribution in [1.29, 1.82) is 0 Å². The van der Waals surface area contributed by atoms with E-state index < -0.39 is 11.9 Å². The van der Waals surface area contributed by atoms with Gasteiger partial charge in [0.05, 0.1) is 25.3 Å². The van der Waals surface area contributed by atoms with Crippen LogP contribution in [-0.4, -0.2) is 14.2 Å². The molecule has 0 saturated heterocycles. The van der Waals surface area contributed by atoms with Crippen molar-refractivity contribution in [2.75, 3.05) is 14.2 Å². The Bertz CT molecular complexity index is 661. The van der Waals surface area contributed by atoms with E-state index in [9.17, 15) is 4.39 Å². The molecule has 0 amide bonds. The number of halogens is 2. The number of aryl methyl sites for hydroxylation is 1. The molecular weight excluding hydrogens is 293 g/mol. The molecule has 0 aliphatic carbocycles. The van der Waals surface area contributed by atoms with Gasteiger partial charge in [-0.3, -0.25) is 0 Å². The monoisotopic (exact) mass is 309 g/mol. The lowest BCUT2D eigenvalue weighted by atomic mass is 9.95. The van der Waals surface area contributed by atoms with Crippen LogP contribution in [0.25, 0.3) is 0 Å². The summed E-state index contributed by atoms with van der Waals surface area (Å²) in [5, 5.41) is 0.0787. The van der Waals surface area contributed by atoms with Crippen molar-refractivity contribution in [2.45, 2.75) is 13.0 Å². The van der Waals surface area contributed by atoms with Crippen LogP contribution in [0.5, 0.6) is 11.5 Å². The van der Waals surface area contributed by atoms with Gasteiger partial charge in [-0.15, -0.1) is 0 Å². The lowest BCUT2D eigenvalue weighted by Crippen LogP contribution is -2.14. The first-order valence-corrected chi connectivity index (χ1v) is 6.78. The van der Waals surface area contributed by atoms with Gasteiger partial charge in [-0.25, -0.2) is 4.39 Å². The van der Waals surface area contributed by atoms with E-state index in [4.69, 9.17) is 26.8 Å². The normalized spacial score (nSPS) is 12.1. The Hall–Kier alpha value is -1.78. The quantitative estimate of drug-likeness (QED) is 0.933. The predicted molar refractivity (Wildman–Crippen MR) is 81.7 cm³/mol. The molecule has 0 spiro atoms. The van der Waals surface area contributed by atoms with Crippen LogP contribution < -0.4 is 15.2 Å². The smallest absolute Gasteiger partial charge is 0.161 e. The second-order valence-electron chi connectivity index (χ2n) is 4.71. The van der Waals surface area contributed by atoms with Crippen LogP contribution in [0.1, 0.15) is 22.7 Å². The fourth-order valence-corrected chi connectivity index (χ4v) is 2.33. The van der Waals surface area contributed by atoms with Gasteiger partial charge in [0.25, 0.3) is 0 Å². The number of hydrogen-bond acceptors (Lipinski definition) is 3. The van der Waals surface area contributed by atoms with Crippen molar-refractivity contribution in [1.82, 2.24) is 0 Å². The first kappa shape index (κ1) is 15.6. The average Bonchev–Trinajstić information content (AvgIpc) is 2.49. The van der Waals surface area contributed by atoms with E-state index in [1.165, 1.54) is 12.1 Å². The average molecular weight is 310 g/mol. The summed E-state index contributed by atoms with van der Waals surface area (Å²) < 4.78 is 24.1. The summed E-state index contributed by atoms with van der Waals surface area (Å²) >= 11 is 5.70. The lowest BCUT2D eigenvalue weighted by Gasteiger charge is -2.18. The molecule has 0 heterocycles. The molecule has 0 aromatic heterocycles. The van der Waals surface area contributed by atoms with E-state index in [2.05, 4.69) is 0 Å². The Morgan fingerprint density at radius 2 is 1.71 bits per heavy atom. The largest absolute Gasteiger partial charge is 0.493 e. The lowest BCUT2D eigenvalue weighted by molar-refractivity contribution is 0.354. The molecule has 21 heavy (non-hydrogen) atoms. The van der Waals surface area contributed by atoms with Crippen molar-refractivity contribution < 1.29 is 13.9 Å². The highest BCUT2D eigenvalue weighted by Crippen LogP contribution is 2.34. The van der Waals surface area contributed by atoms with Gasteiger partial charge in [0.2, 0.25) is 0 Å². The van der Waals surface area contributed by atoms with Gasteiger partial charge in [0.1, 0.15) is 5.82 Å². The Kier molecular flexibility index (Phi) is 4.70. The standard InChI is InChI=1S/C16H17ClFNO2/c1-9-6-14(20-2)15(21-3)8-11(9)16(19)10-4-5-12(17)13(18)7-10/h4-8,16H,19H2,1-3H3. The van der Waals surface area contributed by atoms with Gasteiger partial charge in [0.15, 0.2) is 11.5 Å². The van der Waals surface area contributed by atoms with Gasteiger partial charge in [-0.05, 0) is 47.9 Å². The van der Waals surface area contributed by atoms with Crippen molar-refractivity contribution in [3.8, 4) is 11.5 Å². The summed E-state index contributed by atoms with van der Waals surface area (Å²) in [6.07, 6.45) is 0. The molecule has 0 radical (unpaired) electrons. The third-order valence-corrected chi connectivity index (χ3v) is 3.72. The molecule has 112 valence electrons. The van der Waals surface area contributed by atoms with Crippen LogP contribution in [0.3, 0.4) is 0 Å². The maximum atomic E-state index is 13.6. The molecule has 5 heteroatoms. The number of benzene rings is 2. The van der Waals surface area contributed by atoms with Gasteiger partial charge in [0, 0.05) is 0 Å². The second kappa shape index (κ2) is 6.33. The minimum Gasteiger partial charge on any atom is -0.493 e. The van der Waals surface area contributed by atoms with Crippen LogP contribution in [0.4, 0.5) is 4.39 Å². The van der Waals surface area contributed by atoms with E-state index in [1.54, 1.807) is 20.3 Å². The number of nitrogens with two attached hydrogens (primary N) is 1. The van der Waals surface area contributed by atoms with Crippen molar-refractivity contribution >= 4 is 11.6 Å². The zero-order chi connectivity index (χ0) is 15.6. The highest BCUT2D eigenvalue weighted by Gasteiger charge is 2.17. The summed E-state index contributed by atoms with van der Waals surface area (Å²) in [6, 6.07) is 7.75. The first-order chi connectivity index (χ1) is 9.97. The highest BCUT2D eigenvalue weighted by molar-refractivity contribution is 6.30. The molecule has 0 aliphatic rings. The molecule has 2 aromatic carbocycles. The first-order valence-electron chi connectivity index (χ1n) is 6.41. The van der Waals surface area contributed by atoms with Crippen molar-refractivity contribution in [3.63, 3.8) is 0 Å². The van der Waals surface area contributed by atoms with Gasteiger partial charge < -0.3 is 15.2 Å². The Morgan fingerprint density at radius 1 is 1.10 bits per heavy atom. The Balaban J connectivity index is 2.47. The van der Waals surface area contributed by atoms with Gasteiger partial charge in [-0.1, -0.05) is 17.7 Å². The van der Waals surface area contributed by atoms with Crippen molar-refractivity contribution in [3.05, 3.63) is 57.9 Å². The molecule has 0 bridgehead atoms. The summed E-state index contributed by atoms with van der Waals surface area (Å²) in [6.45, 7) is 1.92. The van der Waals surface area contributed by atoms with Crippen LogP contribution in [0, 0.1) is 12.7 Å². The maximum absolute atomic E-state index is 13.6. The highest BCUT2D eigenvalue weighted by atomic mass is 35.5. The van der Waals surface area contributed by atoms with Gasteiger partial charge in [-0.2, -0.15) is 0 Å². The molecule has 1 atom stereocenters. The second-order valence-corrected chi connectivity index (χ2v) is 5.12.